The van der Waals surface area contributed by atoms with Gasteiger partial charge in [0.2, 0.25) is 0 Å². The van der Waals surface area contributed by atoms with Crippen LogP contribution in [0.2, 0.25) is 0 Å². The van der Waals surface area contributed by atoms with Gasteiger partial charge in [-0.1, -0.05) is 18.6 Å². The molecule has 0 saturated heterocycles. The Bertz CT molecular complexity index is 109. The number of hydrazine groups is 1. The van der Waals surface area contributed by atoms with Crippen LogP contribution in [0, 0.1) is 0 Å². The van der Waals surface area contributed by atoms with Gasteiger partial charge in [0.25, 0.3) is 0 Å². The van der Waals surface area contributed by atoms with Crippen LogP contribution in [0.4, 0.5) is 0 Å². The molecule has 1 unspecified atom stereocenters. The maximum absolute atomic E-state index is 5.28. The van der Waals surface area contributed by atoms with Gasteiger partial charge in [0.1, 0.15) is 0 Å². The minimum absolute atomic E-state index is 0.388. The zero-order valence-corrected chi connectivity index (χ0v) is 5.69. The normalized spacial score (nSPS) is 28.6. The van der Waals surface area contributed by atoms with E-state index in [1.165, 1.54) is 18.4 Å². The fourth-order valence-corrected chi connectivity index (χ4v) is 1.28. The van der Waals surface area contributed by atoms with E-state index in [1.54, 1.807) is 0 Å². The van der Waals surface area contributed by atoms with E-state index in [1.807, 2.05) is 0 Å². The molecule has 0 aromatic rings. The molecule has 0 amide bonds. The topological polar surface area (TPSA) is 38.0 Å². The van der Waals surface area contributed by atoms with Crippen molar-refractivity contribution in [3.8, 4) is 0 Å². The summed E-state index contributed by atoms with van der Waals surface area (Å²) in [5, 5.41) is 0. The third-order valence-corrected chi connectivity index (χ3v) is 1.93. The van der Waals surface area contributed by atoms with Gasteiger partial charge in [0.15, 0.2) is 0 Å². The molecule has 0 aromatic carbocycles. The summed E-state index contributed by atoms with van der Waals surface area (Å²) in [6.45, 7) is 3.92. The molecule has 52 valence electrons. The number of hydrogen-bond donors (Lipinski definition) is 2. The molecule has 1 aliphatic carbocycles. The highest BCUT2D eigenvalue weighted by Gasteiger charge is 2.14. The molecule has 3 N–H and O–H groups in total. The van der Waals surface area contributed by atoms with E-state index in [2.05, 4.69) is 12.0 Å². The summed E-state index contributed by atoms with van der Waals surface area (Å²) in [5.74, 6) is 5.28. The zero-order chi connectivity index (χ0) is 6.69. The third-order valence-electron chi connectivity index (χ3n) is 1.93. The van der Waals surface area contributed by atoms with E-state index in [0.717, 1.165) is 12.8 Å². The van der Waals surface area contributed by atoms with Gasteiger partial charge in [-0.25, -0.2) is 0 Å². The van der Waals surface area contributed by atoms with Gasteiger partial charge in [-0.15, -0.1) is 0 Å². The lowest BCUT2D eigenvalue weighted by atomic mass is 9.92. The summed E-state index contributed by atoms with van der Waals surface area (Å²) in [4.78, 5) is 0. The van der Waals surface area contributed by atoms with Gasteiger partial charge in [-0.05, 0) is 19.3 Å². The highest BCUT2D eigenvalue weighted by molar-refractivity contribution is 5.07. The van der Waals surface area contributed by atoms with Crippen LogP contribution in [0.15, 0.2) is 12.2 Å². The minimum atomic E-state index is 0.388. The van der Waals surface area contributed by atoms with Gasteiger partial charge in [-0.3, -0.25) is 11.3 Å². The summed E-state index contributed by atoms with van der Waals surface area (Å²) in [6, 6.07) is 0.388. The summed E-state index contributed by atoms with van der Waals surface area (Å²) in [6.07, 6.45) is 4.88. The van der Waals surface area contributed by atoms with Gasteiger partial charge in [0, 0.05) is 6.04 Å². The van der Waals surface area contributed by atoms with E-state index < -0.39 is 0 Å². The molecule has 0 radical (unpaired) electrons. The van der Waals surface area contributed by atoms with Crippen molar-refractivity contribution in [2.75, 3.05) is 0 Å². The van der Waals surface area contributed by atoms with E-state index in [9.17, 15) is 0 Å². The predicted octanol–water partition coefficient (Wildman–Crippen LogP) is 0.948. The van der Waals surface area contributed by atoms with E-state index in [4.69, 9.17) is 5.84 Å². The smallest absolute Gasteiger partial charge is 0.0417 e. The Kier molecular flexibility index (Phi) is 2.25. The van der Waals surface area contributed by atoms with Crippen molar-refractivity contribution >= 4 is 0 Å². The van der Waals surface area contributed by atoms with E-state index in [0.29, 0.717) is 6.04 Å². The maximum atomic E-state index is 5.28. The van der Waals surface area contributed by atoms with Crippen molar-refractivity contribution in [2.24, 2.45) is 5.84 Å². The summed E-state index contributed by atoms with van der Waals surface area (Å²) in [7, 11) is 0. The van der Waals surface area contributed by atoms with Crippen molar-refractivity contribution < 1.29 is 0 Å². The third kappa shape index (κ3) is 1.53. The van der Waals surface area contributed by atoms with Crippen molar-refractivity contribution in [2.45, 2.75) is 31.7 Å². The van der Waals surface area contributed by atoms with Crippen LogP contribution < -0.4 is 11.3 Å². The average molecular weight is 126 g/mol. The largest absolute Gasteiger partial charge is 0.271 e. The second-order valence-corrected chi connectivity index (χ2v) is 2.62. The first kappa shape index (κ1) is 6.78. The summed E-state index contributed by atoms with van der Waals surface area (Å²) < 4.78 is 0. The number of nitrogens with two attached hydrogens (primary N) is 1. The summed E-state index contributed by atoms with van der Waals surface area (Å²) >= 11 is 0. The molecule has 2 nitrogen and oxygen atoms in total. The Morgan fingerprint density at radius 3 is 2.78 bits per heavy atom. The highest BCUT2D eigenvalue weighted by atomic mass is 15.2. The van der Waals surface area contributed by atoms with Crippen LogP contribution in [0.25, 0.3) is 0 Å². The van der Waals surface area contributed by atoms with Crippen molar-refractivity contribution in [1.29, 1.82) is 0 Å². The summed E-state index contributed by atoms with van der Waals surface area (Å²) in [5.41, 5.74) is 4.02. The molecule has 1 fully saturated rings. The highest BCUT2D eigenvalue weighted by Crippen LogP contribution is 2.20. The Morgan fingerprint density at radius 2 is 2.33 bits per heavy atom. The lowest BCUT2D eigenvalue weighted by molar-refractivity contribution is 0.464. The Labute approximate surface area is 56.1 Å². The molecule has 2 heteroatoms. The Hall–Kier alpha value is -0.340. The number of rotatable bonds is 1. The molecule has 1 aliphatic rings. The SMILES string of the molecule is C=C1CCCCC1NN. The predicted molar refractivity (Wildman–Crippen MR) is 38.7 cm³/mol. The lowest BCUT2D eigenvalue weighted by Gasteiger charge is -2.22. The maximum Gasteiger partial charge on any atom is 0.0417 e. The zero-order valence-electron chi connectivity index (χ0n) is 5.69. The molecule has 9 heavy (non-hydrogen) atoms. The van der Waals surface area contributed by atoms with Crippen LogP contribution in [-0.4, -0.2) is 6.04 Å². The van der Waals surface area contributed by atoms with Crippen molar-refractivity contribution in [1.82, 2.24) is 5.43 Å². The molecule has 1 saturated carbocycles. The van der Waals surface area contributed by atoms with Crippen LogP contribution >= 0.6 is 0 Å². The van der Waals surface area contributed by atoms with Crippen molar-refractivity contribution in [3.05, 3.63) is 12.2 Å². The van der Waals surface area contributed by atoms with E-state index >= 15 is 0 Å². The van der Waals surface area contributed by atoms with Crippen molar-refractivity contribution in [3.63, 3.8) is 0 Å². The van der Waals surface area contributed by atoms with Crippen LogP contribution in [0.5, 0.6) is 0 Å². The van der Waals surface area contributed by atoms with E-state index in [-0.39, 0.29) is 0 Å². The standard InChI is InChI=1S/C7H14N2/c1-6-4-2-3-5-7(6)9-8/h7,9H,1-5,8H2. The molecule has 0 aromatic heterocycles. The second-order valence-electron chi connectivity index (χ2n) is 2.62. The fourth-order valence-electron chi connectivity index (χ4n) is 1.28. The molecular weight excluding hydrogens is 112 g/mol. The van der Waals surface area contributed by atoms with Gasteiger partial charge < -0.3 is 0 Å². The minimum Gasteiger partial charge on any atom is -0.271 e. The van der Waals surface area contributed by atoms with Crippen LogP contribution in [-0.2, 0) is 0 Å². The average Bonchev–Trinajstić information content (AvgIpc) is 1.89. The quantitative estimate of drug-likeness (QED) is 0.312. The first-order valence-electron chi connectivity index (χ1n) is 3.48. The van der Waals surface area contributed by atoms with Crippen LogP contribution in [0.3, 0.4) is 0 Å². The first-order valence-corrected chi connectivity index (χ1v) is 3.48. The second kappa shape index (κ2) is 2.99. The molecule has 1 rings (SSSR count). The molecule has 0 aliphatic heterocycles. The molecule has 0 bridgehead atoms. The first-order chi connectivity index (χ1) is 4.34. The lowest BCUT2D eigenvalue weighted by Crippen LogP contribution is -2.37. The monoisotopic (exact) mass is 126 g/mol. The molecule has 0 heterocycles. The van der Waals surface area contributed by atoms with Gasteiger partial charge in [0.05, 0.1) is 0 Å². The fraction of sp³-hybridized carbons (Fsp3) is 0.714. The molecule has 1 atom stereocenters. The Balaban J connectivity index is 2.39. The van der Waals surface area contributed by atoms with Crippen LogP contribution in [0.1, 0.15) is 25.7 Å². The molecule has 0 spiro atoms. The number of hydrogen-bond acceptors (Lipinski definition) is 2. The molecular formula is C7H14N2. The number of nitrogens with one attached hydrogen (secondary N) is 1. The Morgan fingerprint density at radius 1 is 1.56 bits per heavy atom. The van der Waals surface area contributed by atoms with Gasteiger partial charge in [-0.2, -0.15) is 0 Å². The van der Waals surface area contributed by atoms with Gasteiger partial charge >= 0.3 is 0 Å².